The Labute approximate surface area is 244 Å². The summed E-state index contributed by atoms with van der Waals surface area (Å²) in [6, 6.07) is 45.2. The zero-order chi connectivity index (χ0) is 28.4. The summed E-state index contributed by atoms with van der Waals surface area (Å²) in [5.41, 5.74) is 9.43. The van der Waals surface area contributed by atoms with E-state index in [0.29, 0.717) is 0 Å². The maximum atomic E-state index is 5.87. The van der Waals surface area contributed by atoms with E-state index < -0.39 is 0 Å². The van der Waals surface area contributed by atoms with Crippen LogP contribution in [0.15, 0.2) is 133 Å². The SMILES string of the molecule is COc1cc(-c2ccc(N(c3ccccc3)c3ccccc3)cc2)ccc1C=CC1N(C)c2ccccc2C1(C)C. The molecule has 0 saturated carbocycles. The molecule has 5 aromatic carbocycles. The lowest BCUT2D eigenvalue weighted by atomic mass is 9.80. The molecule has 1 heterocycles. The van der Waals surface area contributed by atoms with Gasteiger partial charge in [-0.3, -0.25) is 0 Å². The van der Waals surface area contributed by atoms with E-state index >= 15 is 0 Å². The fraction of sp³-hybridized carbons (Fsp3) is 0.158. The molecule has 1 aliphatic heterocycles. The number of benzene rings is 5. The van der Waals surface area contributed by atoms with Crippen molar-refractivity contribution in [2.75, 3.05) is 24.0 Å². The van der Waals surface area contributed by atoms with Crippen LogP contribution in [0.3, 0.4) is 0 Å². The Morgan fingerprint density at radius 3 is 1.85 bits per heavy atom. The number of rotatable bonds is 7. The number of hydrogen-bond donors (Lipinski definition) is 0. The maximum Gasteiger partial charge on any atom is 0.126 e. The fourth-order valence-corrected chi connectivity index (χ4v) is 6.12. The van der Waals surface area contributed by atoms with Gasteiger partial charge in [0.15, 0.2) is 0 Å². The molecule has 0 radical (unpaired) electrons. The molecule has 204 valence electrons. The molecule has 1 aliphatic rings. The smallest absolute Gasteiger partial charge is 0.126 e. The number of para-hydroxylation sites is 3. The lowest BCUT2D eigenvalue weighted by molar-refractivity contribution is 0.414. The summed E-state index contributed by atoms with van der Waals surface area (Å²) in [5, 5.41) is 0. The molecular formula is C38H36N2O. The molecule has 0 aliphatic carbocycles. The van der Waals surface area contributed by atoms with Crippen molar-refractivity contribution in [2.24, 2.45) is 0 Å². The van der Waals surface area contributed by atoms with Crippen LogP contribution in [0.5, 0.6) is 5.75 Å². The molecule has 3 nitrogen and oxygen atoms in total. The van der Waals surface area contributed by atoms with Gasteiger partial charge in [-0.1, -0.05) is 105 Å². The molecule has 0 amide bonds. The van der Waals surface area contributed by atoms with Crippen LogP contribution in [0, 0.1) is 0 Å². The summed E-state index contributed by atoms with van der Waals surface area (Å²) < 4.78 is 5.87. The first kappa shape index (κ1) is 26.5. The number of ether oxygens (including phenoxy) is 1. The molecule has 1 atom stereocenters. The van der Waals surface area contributed by atoms with E-state index in [1.165, 1.54) is 11.3 Å². The van der Waals surface area contributed by atoms with Crippen LogP contribution in [0.2, 0.25) is 0 Å². The standard InChI is InChI=1S/C38H36N2O/c1-38(2)34-17-11-12-18-35(34)39(3)37(38)26-23-29-19-20-30(27-36(29)41-4)28-21-24-33(25-22-28)40(31-13-7-5-8-14-31)32-15-9-6-10-16-32/h5-27,37H,1-4H3. The molecule has 0 spiro atoms. The Kier molecular flexibility index (Phi) is 7.11. The Hall–Kier alpha value is -4.76. The van der Waals surface area contributed by atoms with Crippen molar-refractivity contribution in [1.82, 2.24) is 0 Å². The van der Waals surface area contributed by atoms with Crippen LogP contribution >= 0.6 is 0 Å². The first-order valence-electron chi connectivity index (χ1n) is 14.2. The number of hydrogen-bond acceptors (Lipinski definition) is 3. The Morgan fingerprint density at radius 1 is 0.683 bits per heavy atom. The van der Waals surface area contributed by atoms with Crippen molar-refractivity contribution in [2.45, 2.75) is 25.3 Å². The van der Waals surface area contributed by atoms with Crippen molar-refractivity contribution in [3.05, 3.63) is 145 Å². The highest BCUT2D eigenvalue weighted by Crippen LogP contribution is 2.45. The van der Waals surface area contributed by atoms with Crippen molar-refractivity contribution in [3.63, 3.8) is 0 Å². The molecule has 0 aromatic heterocycles. The number of nitrogens with zero attached hydrogens (tertiary/aromatic N) is 2. The van der Waals surface area contributed by atoms with Gasteiger partial charge in [-0.25, -0.2) is 0 Å². The first-order chi connectivity index (χ1) is 20.0. The minimum Gasteiger partial charge on any atom is -0.496 e. The molecular weight excluding hydrogens is 500 g/mol. The Balaban J connectivity index is 1.27. The van der Waals surface area contributed by atoms with E-state index in [0.717, 1.165) is 39.5 Å². The molecule has 3 heteroatoms. The van der Waals surface area contributed by atoms with Gasteiger partial charge >= 0.3 is 0 Å². The second kappa shape index (κ2) is 11.0. The van der Waals surface area contributed by atoms with Crippen LogP contribution < -0.4 is 14.5 Å². The van der Waals surface area contributed by atoms with Gasteiger partial charge in [-0.2, -0.15) is 0 Å². The van der Waals surface area contributed by atoms with Gasteiger partial charge in [0.05, 0.1) is 13.2 Å². The third kappa shape index (κ3) is 5.00. The Morgan fingerprint density at radius 2 is 1.24 bits per heavy atom. The average molecular weight is 537 g/mol. The highest BCUT2D eigenvalue weighted by Gasteiger charge is 2.41. The third-order valence-electron chi connectivity index (χ3n) is 8.31. The van der Waals surface area contributed by atoms with Crippen LogP contribution in [0.4, 0.5) is 22.7 Å². The van der Waals surface area contributed by atoms with Crippen LogP contribution in [-0.2, 0) is 5.41 Å². The van der Waals surface area contributed by atoms with Gasteiger partial charge in [-0.15, -0.1) is 0 Å². The molecule has 1 unspecified atom stereocenters. The topological polar surface area (TPSA) is 15.7 Å². The van der Waals surface area contributed by atoms with E-state index in [4.69, 9.17) is 4.74 Å². The van der Waals surface area contributed by atoms with Crippen molar-refractivity contribution >= 4 is 28.8 Å². The summed E-state index contributed by atoms with van der Waals surface area (Å²) in [6.07, 6.45) is 4.52. The minimum atomic E-state index is 0.0180. The summed E-state index contributed by atoms with van der Waals surface area (Å²) in [6.45, 7) is 4.65. The second-order valence-electron chi connectivity index (χ2n) is 11.2. The molecule has 0 N–H and O–H groups in total. The fourth-order valence-electron chi connectivity index (χ4n) is 6.12. The zero-order valence-electron chi connectivity index (χ0n) is 24.2. The highest BCUT2D eigenvalue weighted by molar-refractivity contribution is 5.79. The van der Waals surface area contributed by atoms with E-state index in [-0.39, 0.29) is 11.5 Å². The predicted molar refractivity (Wildman–Crippen MR) is 174 cm³/mol. The monoisotopic (exact) mass is 536 g/mol. The lowest BCUT2D eigenvalue weighted by Crippen LogP contribution is -2.37. The molecule has 41 heavy (non-hydrogen) atoms. The molecule has 6 rings (SSSR count). The first-order valence-corrected chi connectivity index (χ1v) is 14.2. The number of fused-ring (bicyclic) bond motifs is 1. The largest absolute Gasteiger partial charge is 0.496 e. The Bertz CT molecular complexity index is 1620. The van der Waals surface area contributed by atoms with Gasteiger partial charge in [0.1, 0.15) is 5.75 Å². The van der Waals surface area contributed by atoms with Gasteiger partial charge < -0.3 is 14.5 Å². The van der Waals surface area contributed by atoms with Gasteiger partial charge in [0.2, 0.25) is 0 Å². The van der Waals surface area contributed by atoms with E-state index in [1.54, 1.807) is 7.11 Å². The van der Waals surface area contributed by atoms with Gasteiger partial charge in [0.25, 0.3) is 0 Å². The van der Waals surface area contributed by atoms with E-state index in [9.17, 15) is 0 Å². The summed E-state index contributed by atoms with van der Waals surface area (Å²) in [4.78, 5) is 4.65. The molecule has 5 aromatic rings. The number of methoxy groups -OCH3 is 1. The minimum absolute atomic E-state index is 0.0180. The second-order valence-corrected chi connectivity index (χ2v) is 11.2. The third-order valence-corrected chi connectivity index (χ3v) is 8.31. The number of likely N-dealkylation sites (N-methyl/N-ethyl adjacent to an activating group) is 1. The lowest BCUT2D eigenvalue weighted by Gasteiger charge is -2.29. The van der Waals surface area contributed by atoms with Crippen LogP contribution in [-0.4, -0.2) is 20.2 Å². The summed E-state index contributed by atoms with van der Waals surface area (Å²) in [7, 11) is 3.93. The van der Waals surface area contributed by atoms with Crippen molar-refractivity contribution in [3.8, 4) is 16.9 Å². The van der Waals surface area contributed by atoms with E-state index in [1.807, 2.05) is 12.1 Å². The molecule has 0 saturated heterocycles. The zero-order valence-corrected chi connectivity index (χ0v) is 24.2. The van der Waals surface area contributed by atoms with Crippen LogP contribution in [0.25, 0.3) is 17.2 Å². The highest BCUT2D eigenvalue weighted by atomic mass is 16.5. The number of anilines is 4. The van der Waals surface area contributed by atoms with E-state index in [2.05, 4.69) is 158 Å². The summed E-state index contributed by atoms with van der Waals surface area (Å²) >= 11 is 0. The summed E-state index contributed by atoms with van der Waals surface area (Å²) in [5.74, 6) is 0.869. The quantitative estimate of drug-likeness (QED) is 0.206. The van der Waals surface area contributed by atoms with Crippen molar-refractivity contribution < 1.29 is 4.74 Å². The predicted octanol–water partition coefficient (Wildman–Crippen LogP) is 9.64. The normalized spacial score (nSPS) is 15.6. The average Bonchev–Trinajstić information content (AvgIpc) is 3.21. The molecule has 0 bridgehead atoms. The van der Waals surface area contributed by atoms with Gasteiger partial charge in [-0.05, 0) is 65.2 Å². The van der Waals surface area contributed by atoms with Crippen LogP contribution in [0.1, 0.15) is 25.0 Å². The van der Waals surface area contributed by atoms with Crippen molar-refractivity contribution in [1.29, 1.82) is 0 Å². The maximum absolute atomic E-state index is 5.87. The molecule has 0 fully saturated rings. The van der Waals surface area contributed by atoms with Gasteiger partial charge in [0, 0.05) is 40.8 Å².